The van der Waals surface area contributed by atoms with Crippen molar-refractivity contribution in [1.82, 2.24) is 0 Å². The number of anilines is 2. The lowest BCUT2D eigenvalue weighted by atomic mass is 10.2. The van der Waals surface area contributed by atoms with Crippen molar-refractivity contribution in [2.24, 2.45) is 0 Å². The second kappa shape index (κ2) is 5.35. The van der Waals surface area contributed by atoms with Gasteiger partial charge in [-0.25, -0.2) is 0 Å². The van der Waals surface area contributed by atoms with Gasteiger partial charge in [0.2, 0.25) is 0 Å². The third-order valence-electron chi connectivity index (χ3n) is 2.77. The fraction of sp³-hybridized carbons (Fsp3) is 0.0769. The number of nitro benzene ring substituents is 2. The summed E-state index contributed by atoms with van der Waals surface area (Å²) in [6.07, 6.45) is 0. The number of rotatable bonds is 4. The average Bonchev–Trinajstić information content (AvgIpc) is 2.41. The highest BCUT2D eigenvalue weighted by atomic mass is 16.6. The normalized spacial score (nSPS) is 10.1. The van der Waals surface area contributed by atoms with Gasteiger partial charge in [-0.2, -0.15) is 0 Å². The smallest absolute Gasteiger partial charge is 0.274 e. The molecular formula is C13H11N3O4. The van der Waals surface area contributed by atoms with Crippen LogP contribution in [0.5, 0.6) is 0 Å². The largest absolute Gasteiger partial charge is 0.355 e. The second-order valence-corrected chi connectivity index (χ2v) is 4.19. The van der Waals surface area contributed by atoms with Crippen molar-refractivity contribution in [3.63, 3.8) is 0 Å². The van der Waals surface area contributed by atoms with E-state index in [2.05, 4.69) is 5.32 Å². The molecule has 0 heterocycles. The maximum atomic E-state index is 10.8. The summed E-state index contributed by atoms with van der Waals surface area (Å²) in [5, 5.41) is 24.4. The molecule has 0 spiro atoms. The van der Waals surface area contributed by atoms with E-state index < -0.39 is 9.85 Å². The summed E-state index contributed by atoms with van der Waals surface area (Å²) in [4.78, 5) is 20.5. The molecule has 0 aromatic heterocycles. The summed E-state index contributed by atoms with van der Waals surface area (Å²) in [5.74, 6) is 0. The monoisotopic (exact) mass is 273 g/mol. The Balaban J connectivity index is 2.23. The van der Waals surface area contributed by atoms with Crippen LogP contribution in [0.2, 0.25) is 0 Å². The Kier molecular flexibility index (Phi) is 3.60. The highest BCUT2D eigenvalue weighted by molar-refractivity contribution is 5.64. The van der Waals surface area contributed by atoms with Crippen LogP contribution in [-0.4, -0.2) is 9.85 Å². The molecule has 0 saturated heterocycles. The number of non-ortho nitro benzene ring substituents is 1. The zero-order valence-electron chi connectivity index (χ0n) is 10.6. The lowest BCUT2D eigenvalue weighted by molar-refractivity contribution is -0.385. The van der Waals surface area contributed by atoms with Crippen LogP contribution in [0.25, 0.3) is 0 Å². The lowest BCUT2D eigenvalue weighted by Crippen LogP contribution is -1.95. The van der Waals surface area contributed by atoms with Crippen LogP contribution in [0.15, 0.2) is 42.5 Å². The van der Waals surface area contributed by atoms with Crippen LogP contribution < -0.4 is 5.32 Å². The van der Waals surface area contributed by atoms with Gasteiger partial charge in [0.05, 0.1) is 9.85 Å². The molecule has 1 N–H and O–H groups in total. The Morgan fingerprint density at radius 2 is 1.50 bits per heavy atom. The average molecular weight is 273 g/mol. The fourth-order valence-electron chi connectivity index (χ4n) is 1.72. The number of nitrogens with one attached hydrogen (secondary N) is 1. The van der Waals surface area contributed by atoms with E-state index in [4.69, 9.17) is 0 Å². The molecular weight excluding hydrogens is 262 g/mol. The van der Waals surface area contributed by atoms with Crippen molar-refractivity contribution in [2.75, 3.05) is 5.32 Å². The van der Waals surface area contributed by atoms with Gasteiger partial charge in [-0.1, -0.05) is 6.07 Å². The molecule has 2 aromatic carbocycles. The molecule has 20 heavy (non-hydrogen) atoms. The molecule has 2 aromatic rings. The molecule has 0 fully saturated rings. The first-order chi connectivity index (χ1) is 9.47. The van der Waals surface area contributed by atoms with Gasteiger partial charge < -0.3 is 5.32 Å². The first-order valence-electron chi connectivity index (χ1n) is 5.74. The van der Waals surface area contributed by atoms with Crippen molar-refractivity contribution < 1.29 is 9.85 Å². The number of hydrogen-bond acceptors (Lipinski definition) is 5. The van der Waals surface area contributed by atoms with E-state index in [9.17, 15) is 20.2 Å². The molecule has 102 valence electrons. The first kappa shape index (κ1) is 13.5. The molecule has 7 nitrogen and oxygen atoms in total. The molecule has 0 aliphatic rings. The Morgan fingerprint density at radius 1 is 0.900 bits per heavy atom. The minimum Gasteiger partial charge on any atom is -0.355 e. The summed E-state index contributed by atoms with van der Waals surface area (Å²) >= 11 is 0. The molecule has 0 amide bonds. The van der Waals surface area contributed by atoms with Crippen LogP contribution in [0, 0.1) is 27.2 Å². The van der Waals surface area contributed by atoms with E-state index in [-0.39, 0.29) is 11.4 Å². The maximum Gasteiger partial charge on any atom is 0.274 e. The maximum absolute atomic E-state index is 10.8. The van der Waals surface area contributed by atoms with Crippen molar-refractivity contribution in [3.05, 3.63) is 68.3 Å². The van der Waals surface area contributed by atoms with Gasteiger partial charge in [0.15, 0.2) is 0 Å². The lowest BCUT2D eigenvalue weighted by Gasteiger charge is -2.07. The van der Waals surface area contributed by atoms with E-state index in [1.165, 1.54) is 18.2 Å². The van der Waals surface area contributed by atoms with Crippen molar-refractivity contribution in [1.29, 1.82) is 0 Å². The standard InChI is InChI=1S/C13H11N3O4/c1-9-2-3-11(8-13(9)16(19)20)14-10-4-6-12(7-5-10)15(17)18/h2-8,14H,1H3. The van der Waals surface area contributed by atoms with E-state index >= 15 is 0 Å². The van der Waals surface area contributed by atoms with Crippen LogP contribution in [0.4, 0.5) is 22.7 Å². The molecule has 0 radical (unpaired) electrons. The number of nitro groups is 2. The van der Waals surface area contributed by atoms with Crippen molar-refractivity contribution in [2.45, 2.75) is 6.92 Å². The van der Waals surface area contributed by atoms with Gasteiger partial charge in [0, 0.05) is 35.1 Å². The number of nitrogens with zero attached hydrogens (tertiary/aromatic N) is 2. The van der Waals surface area contributed by atoms with Gasteiger partial charge in [-0.15, -0.1) is 0 Å². The first-order valence-corrected chi connectivity index (χ1v) is 5.74. The van der Waals surface area contributed by atoms with Crippen molar-refractivity contribution >= 4 is 22.7 Å². The highest BCUT2D eigenvalue weighted by Gasteiger charge is 2.11. The molecule has 0 saturated carbocycles. The quantitative estimate of drug-likeness (QED) is 0.678. The zero-order chi connectivity index (χ0) is 14.7. The molecule has 0 aliphatic heterocycles. The number of aryl methyl sites for hydroxylation is 1. The van der Waals surface area contributed by atoms with E-state index in [1.807, 2.05) is 0 Å². The molecule has 0 atom stereocenters. The third-order valence-corrected chi connectivity index (χ3v) is 2.77. The summed E-state index contributed by atoms with van der Waals surface area (Å²) in [7, 11) is 0. The van der Waals surface area contributed by atoms with Crippen LogP contribution in [-0.2, 0) is 0 Å². The van der Waals surface area contributed by atoms with E-state index in [0.717, 1.165) is 0 Å². The molecule has 0 aliphatic carbocycles. The van der Waals surface area contributed by atoms with Gasteiger partial charge in [0.25, 0.3) is 11.4 Å². The third kappa shape index (κ3) is 2.89. The van der Waals surface area contributed by atoms with Gasteiger partial charge >= 0.3 is 0 Å². The van der Waals surface area contributed by atoms with Crippen LogP contribution >= 0.6 is 0 Å². The summed E-state index contributed by atoms with van der Waals surface area (Å²) in [5.41, 5.74) is 1.76. The topological polar surface area (TPSA) is 98.3 Å². The summed E-state index contributed by atoms with van der Waals surface area (Å²) in [6, 6.07) is 10.6. The van der Waals surface area contributed by atoms with Crippen LogP contribution in [0.1, 0.15) is 5.56 Å². The highest BCUT2D eigenvalue weighted by Crippen LogP contribution is 2.25. The zero-order valence-corrected chi connectivity index (χ0v) is 10.6. The SMILES string of the molecule is Cc1ccc(Nc2ccc([N+](=O)[O-])cc2)cc1[N+](=O)[O-]. The summed E-state index contributed by atoms with van der Waals surface area (Å²) < 4.78 is 0. The summed E-state index contributed by atoms with van der Waals surface area (Å²) in [6.45, 7) is 1.66. The van der Waals surface area contributed by atoms with Gasteiger partial charge in [-0.05, 0) is 25.1 Å². The van der Waals surface area contributed by atoms with Crippen LogP contribution in [0.3, 0.4) is 0 Å². The Morgan fingerprint density at radius 3 is 2.05 bits per heavy atom. The minimum atomic E-state index is -0.486. The molecule has 2 rings (SSSR count). The minimum absolute atomic E-state index is 0.00885. The fourth-order valence-corrected chi connectivity index (χ4v) is 1.72. The van der Waals surface area contributed by atoms with E-state index in [0.29, 0.717) is 16.9 Å². The predicted octanol–water partition coefficient (Wildman–Crippen LogP) is 3.56. The predicted molar refractivity (Wildman–Crippen MR) is 74.2 cm³/mol. The molecule has 7 heteroatoms. The van der Waals surface area contributed by atoms with E-state index in [1.54, 1.807) is 31.2 Å². The number of benzene rings is 2. The number of hydrogen-bond donors (Lipinski definition) is 1. The Bertz CT molecular complexity index is 668. The molecule has 0 unspecified atom stereocenters. The second-order valence-electron chi connectivity index (χ2n) is 4.19. The van der Waals surface area contributed by atoms with Gasteiger partial charge in [-0.3, -0.25) is 20.2 Å². The van der Waals surface area contributed by atoms with Crippen molar-refractivity contribution in [3.8, 4) is 0 Å². The van der Waals surface area contributed by atoms with Gasteiger partial charge in [0.1, 0.15) is 0 Å². The molecule has 0 bridgehead atoms. The Hall–Kier alpha value is -2.96. The Labute approximate surface area is 114 Å².